The van der Waals surface area contributed by atoms with E-state index in [4.69, 9.17) is 11.6 Å². The summed E-state index contributed by atoms with van der Waals surface area (Å²) < 4.78 is 1.01. The van der Waals surface area contributed by atoms with Crippen molar-refractivity contribution in [3.63, 3.8) is 0 Å². The number of nitrogens with zero attached hydrogens (tertiary/aromatic N) is 2. The van der Waals surface area contributed by atoms with Crippen molar-refractivity contribution in [2.45, 2.75) is 6.92 Å². The standard InChI is InChI=1S/C11H9ClIN3/c1-7-2-3-8(12)4-10(7)16-11-14-5-9(13)6-15-11/h2-6H,1H3,(H,14,15,16). The monoisotopic (exact) mass is 345 g/mol. The molecule has 0 fully saturated rings. The first-order valence-corrected chi connectivity index (χ1v) is 6.11. The summed E-state index contributed by atoms with van der Waals surface area (Å²) in [6.07, 6.45) is 3.52. The second-order valence-corrected chi connectivity index (χ2v) is 4.99. The van der Waals surface area contributed by atoms with Gasteiger partial charge in [-0.15, -0.1) is 0 Å². The number of hydrogen-bond acceptors (Lipinski definition) is 3. The van der Waals surface area contributed by atoms with Gasteiger partial charge in [0.25, 0.3) is 0 Å². The van der Waals surface area contributed by atoms with E-state index in [0.717, 1.165) is 14.8 Å². The quantitative estimate of drug-likeness (QED) is 0.842. The third-order valence-corrected chi connectivity index (χ3v) is 2.86. The first-order chi connectivity index (χ1) is 7.65. The van der Waals surface area contributed by atoms with E-state index in [9.17, 15) is 0 Å². The molecule has 0 radical (unpaired) electrons. The van der Waals surface area contributed by atoms with Crippen molar-refractivity contribution in [3.8, 4) is 0 Å². The second kappa shape index (κ2) is 4.97. The molecule has 1 N–H and O–H groups in total. The summed E-state index contributed by atoms with van der Waals surface area (Å²) in [5, 5.41) is 3.82. The molecule has 1 heterocycles. The molecule has 2 rings (SSSR count). The maximum absolute atomic E-state index is 5.93. The van der Waals surface area contributed by atoms with Crippen LogP contribution in [0.3, 0.4) is 0 Å². The maximum atomic E-state index is 5.93. The van der Waals surface area contributed by atoms with Crippen molar-refractivity contribution in [1.29, 1.82) is 0 Å². The minimum absolute atomic E-state index is 0.575. The number of rotatable bonds is 2. The molecule has 0 saturated heterocycles. The third kappa shape index (κ3) is 2.82. The molecule has 82 valence electrons. The Kier molecular flexibility index (Phi) is 3.60. The van der Waals surface area contributed by atoms with Crippen LogP contribution in [0.2, 0.25) is 5.02 Å². The molecule has 16 heavy (non-hydrogen) atoms. The first-order valence-electron chi connectivity index (χ1n) is 4.66. The van der Waals surface area contributed by atoms with Gasteiger partial charge in [0, 0.05) is 26.7 Å². The number of aryl methyl sites for hydroxylation is 1. The van der Waals surface area contributed by atoms with Crippen molar-refractivity contribution in [3.05, 3.63) is 44.7 Å². The van der Waals surface area contributed by atoms with Gasteiger partial charge in [0.15, 0.2) is 0 Å². The van der Waals surface area contributed by atoms with Gasteiger partial charge in [0.05, 0.1) is 0 Å². The molecule has 2 aromatic rings. The first kappa shape index (κ1) is 11.6. The predicted octanol–water partition coefficient (Wildman–Crippen LogP) is 3.79. The average Bonchev–Trinajstić information content (AvgIpc) is 2.27. The van der Waals surface area contributed by atoms with Crippen LogP contribution < -0.4 is 5.32 Å². The van der Waals surface area contributed by atoms with Gasteiger partial charge in [-0.2, -0.15) is 0 Å². The number of hydrogen-bond donors (Lipinski definition) is 1. The number of anilines is 2. The fraction of sp³-hybridized carbons (Fsp3) is 0.0909. The Hall–Kier alpha value is -0.880. The topological polar surface area (TPSA) is 37.8 Å². The Morgan fingerprint density at radius 2 is 1.94 bits per heavy atom. The fourth-order valence-corrected chi connectivity index (χ4v) is 1.68. The number of nitrogens with one attached hydrogen (secondary N) is 1. The molecule has 0 aliphatic rings. The zero-order valence-corrected chi connectivity index (χ0v) is 11.5. The van der Waals surface area contributed by atoms with E-state index in [1.165, 1.54) is 0 Å². The van der Waals surface area contributed by atoms with Crippen LogP contribution in [-0.2, 0) is 0 Å². The van der Waals surface area contributed by atoms with Gasteiger partial charge < -0.3 is 5.32 Å². The van der Waals surface area contributed by atoms with Crippen LogP contribution in [0.15, 0.2) is 30.6 Å². The number of halogens is 2. The Bertz CT molecular complexity index is 499. The van der Waals surface area contributed by atoms with Gasteiger partial charge in [-0.1, -0.05) is 17.7 Å². The minimum Gasteiger partial charge on any atom is -0.324 e. The summed E-state index contributed by atoms with van der Waals surface area (Å²) in [6.45, 7) is 2.01. The fourth-order valence-electron chi connectivity index (χ4n) is 1.23. The van der Waals surface area contributed by atoms with Crippen LogP contribution in [0.1, 0.15) is 5.56 Å². The smallest absolute Gasteiger partial charge is 0.227 e. The largest absolute Gasteiger partial charge is 0.324 e. The molecule has 0 amide bonds. The highest BCUT2D eigenvalue weighted by molar-refractivity contribution is 14.1. The highest BCUT2D eigenvalue weighted by Gasteiger charge is 2.01. The van der Waals surface area contributed by atoms with E-state index < -0.39 is 0 Å². The molecule has 1 aromatic carbocycles. The van der Waals surface area contributed by atoms with Crippen LogP contribution in [-0.4, -0.2) is 9.97 Å². The van der Waals surface area contributed by atoms with Gasteiger partial charge in [0.1, 0.15) is 0 Å². The Morgan fingerprint density at radius 3 is 2.62 bits per heavy atom. The zero-order valence-electron chi connectivity index (χ0n) is 8.54. The minimum atomic E-state index is 0.575. The van der Waals surface area contributed by atoms with Crippen molar-refractivity contribution in [2.24, 2.45) is 0 Å². The second-order valence-electron chi connectivity index (χ2n) is 3.31. The molecule has 0 bridgehead atoms. The summed E-state index contributed by atoms with van der Waals surface area (Å²) in [7, 11) is 0. The van der Waals surface area contributed by atoms with E-state index in [2.05, 4.69) is 37.9 Å². The van der Waals surface area contributed by atoms with Crippen molar-refractivity contribution < 1.29 is 0 Å². The van der Waals surface area contributed by atoms with E-state index in [1.54, 1.807) is 12.4 Å². The Balaban J connectivity index is 2.26. The molecule has 0 atom stereocenters. The lowest BCUT2D eigenvalue weighted by atomic mass is 10.2. The van der Waals surface area contributed by atoms with Crippen LogP contribution >= 0.6 is 34.2 Å². The zero-order chi connectivity index (χ0) is 11.5. The lowest BCUT2D eigenvalue weighted by Gasteiger charge is -2.07. The summed E-state index contributed by atoms with van der Waals surface area (Å²) >= 11 is 8.09. The van der Waals surface area contributed by atoms with Crippen molar-refractivity contribution >= 4 is 45.8 Å². The van der Waals surface area contributed by atoms with E-state index >= 15 is 0 Å². The summed E-state index contributed by atoms with van der Waals surface area (Å²) in [6, 6.07) is 5.67. The van der Waals surface area contributed by atoms with Crippen LogP contribution in [0.25, 0.3) is 0 Å². The van der Waals surface area contributed by atoms with Crippen LogP contribution in [0, 0.1) is 10.5 Å². The molecule has 0 saturated carbocycles. The van der Waals surface area contributed by atoms with Crippen LogP contribution in [0.4, 0.5) is 11.6 Å². The molecule has 0 aliphatic carbocycles. The van der Waals surface area contributed by atoms with Gasteiger partial charge in [-0.25, -0.2) is 9.97 Å². The molecule has 3 nitrogen and oxygen atoms in total. The van der Waals surface area contributed by atoms with Gasteiger partial charge >= 0.3 is 0 Å². The summed E-state index contributed by atoms with van der Waals surface area (Å²) in [5.41, 5.74) is 2.03. The maximum Gasteiger partial charge on any atom is 0.227 e. The highest BCUT2D eigenvalue weighted by atomic mass is 127. The van der Waals surface area contributed by atoms with E-state index in [0.29, 0.717) is 11.0 Å². The third-order valence-electron chi connectivity index (χ3n) is 2.07. The predicted molar refractivity (Wildman–Crippen MR) is 74.2 cm³/mol. The van der Waals surface area contributed by atoms with Crippen LogP contribution in [0.5, 0.6) is 0 Å². The SMILES string of the molecule is Cc1ccc(Cl)cc1Nc1ncc(I)cn1. The van der Waals surface area contributed by atoms with Gasteiger partial charge in [-0.3, -0.25) is 0 Å². The summed E-state index contributed by atoms with van der Waals surface area (Å²) in [5.74, 6) is 0.575. The average molecular weight is 346 g/mol. The molecule has 1 aromatic heterocycles. The number of benzene rings is 1. The summed E-state index contributed by atoms with van der Waals surface area (Å²) in [4.78, 5) is 8.34. The van der Waals surface area contributed by atoms with Crippen molar-refractivity contribution in [2.75, 3.05) is 5.32 Å². The number of aromatic nitrogens is 2. The van der Waals surface area contributed by atoms with E-state index in [-0.39, 0.29) is 0 Å². The normalized spacial score (nSPS) is 10.2. The molecular formula is C11H9ClIN3. The van der Waals surface area contributed by atoms with Crippen molar-refractivity contribution in [1.82, 2.24) is 9.97 Å². The van der Waals surface area contributed by atoms with E-state index in [1.807, 2.05) is 25.1 Å². The lowest BCUT2D eigenvalue weighted by molar-refractivity contribution is 1.15. The highest BCUT2D eigenvalue weighted by Crippen LogP contribution is 2.22. The lowest BCUT2D eigenvalue weighted by Crippen LogP contribution is -1.98. The van der Waals surface area contributed by atoms with Gasteiger partial charge in [-0.05, 0) is 47.2 Å². The molecular weight excluding hydrogens is 336 g/mol. The molecule has 5 heteroatoms. The Labute approximate surface area is 112 Å². The van der Waals surface area contributed by atoms with Gasteiger partial charge in [0.2, 0.25) is 5.95 Å². The molecule has 0 aliphatic heterocycles. The molecule has 0 unspecified atom stereocenters. The Morgan fingerprint density at radius 1 is 1.25 bits per heavy atom. The molecule has 0 spiro atoms.